The largest absolute Gasteiger partial charge is 0.497 e. The smallest absolute Gasteiger partial charge is 0.135 e. The zero-order valence-electron chi connectivity index (χ0n) is 13.4. The van der Waals surface area contributed by atoms with Gasteiger partial charge >= 0.3 is 0 Å². The SMILES string of the molecule is COc1ccc(OCC(O)Cn2c(CO)nc3ccccc32)cc1. The summed E-state index contributed by atoms with van der Waals surface area (Å²) in [6, 6.07) is 14.8. The summed E-state index contributed by atoms with van der Waals surface area (Å²) < 4.78 is 12.5. The average molecular weight is 328 g/mol. The molecule has 126 valence electrons. The van der Waals surface area contributed by atoms with E-state index in [4.69, 9.17) is 9.47 Å². The fourth-order valence-electron chi connectivity index (χ4n) is 2.58. The number of ether oxygens (including phenoxy) is 2. The van der Waals surface area contributed by atoms with Gasteiger partial charge in [-0.25, -0.2) is 4.98 Å². The van der Waals surface area contributed by atoms with E-state index in [-0.39, 0.29) is 13.2 Å². The van der Waals surface area contributed by atoms with Crippen molar-refractivity contribution >= 4 is 11.0 Å². The summed E-state index contributed by atoms with van der Waals surface area (Å²) >= 11 is 0. The Morgan fingerprint density at radius 1 is 1.08 bits per heavy atom. The lowest BCUT2D eigenvalue weighted by Gasteiger charge is -2.15. The van der Waals surface area contributed by atoms with E-state index in [9.17, 15) is 10.2 Å². The van der Waals surface area contributed by atoms with Gasteiger partial charge in [0, 0.05) is 0 Å². The Labute approximate surface area is 139 Å². The predicted octanol–water partition coefficient (Wildman–Crippen LogP) is 1.98. The molecule has 0 fully saturated rings. The first-order valence-corrected chi connectivity index (χ1v) is 7.71. The number of para-hydroxylation sites is 2. The highest BCUT2D eigenvalue weighted by Gasteiger charge is 2.14. The second-order valence-electron chi connectivity index (χ2n) is 5.43. The quantitative estimate of drug-likeness (QED) is 0.693. The minimum atomic E-state index is -0.727. The second kappa shape index (κ2) is 7.33. The molecule has 6 nitrogen and oxygen atoms in total. The van der Waals surface area contributed by atoms with Crippen molar-refractivity contribution in [1.82, 2.24) is 9.55 Å². The molecule has 0 amide bonds. The number of imidazole rings is 1. The molecule has 1 heterocycles. The minimum absolute atomic E-state index is 0.143. The van der Waals surface area contributed by atoms with Crippen LogP contribution in [-0.2, 0) is 13.2 Å². The van der Waals surface area contributed by atoms with Crippen molar-refractivity contribution < 1.29 is 19.7 Å². The Bertz CT molecular complexity index is 798. The molecule has 0 saturated carbocycles. The Morgan fingerprint density at radius 2 is 1.79 bits per heavy atom. The number of benzene rings is 2. The Balaban J connectivity index is 1.67. The highest BCUT2D eigenvalue weighted by molar-refractivity contribution is 5.75. The Hall–Kier alpha value is -2.57. The van der Waals surface area contributed by atoms with Crippen molar-refractivity contribution in [3.8, 4) is 11.5 Å². The van der Waals surface area contributed by atoms with Crippen LogP contribution in [0.1, 0.15) is 5.82 Å². The molecule has 1 atom stereocenters. The molecular weight excluding hydrogens is 308 g/mol. The van der Waals surface area contributed by atoms with Gasteiger partial charge in [0.05, 0.1) is 24.7 Å². The number of methoxy groups -OCH3 is 1. The van der Waals surface area contributed by atoms with Gasteiger partial charge in [-0.1, -0.05) is 12.1 Å². The highest BCUT2D eigenvalue weighted by atomic mass is 16.5. The summed E-state index contributed by atoms with van der Waals surface area (Å²) in [5, 5.41) is 19.8. The molecule has 0 aliphatic carbocycles. The van der Waals surface area contributed by atoms with Crippen molar-refractivity contribution in [3.63, 3.8) is 0 Å². The van der Waals surface area contributed by atoms with Crippen molar-refractivity contribution in [1.29, 1.82) is 0 Å². The normalized spacial score (nSPS) is 12.3. The fraction of sp³-hybridized carbons (Fsp3) is 0.278. The summed E-state index contributed by atoms with van der Waals surface area (Å²) in [4.78, 5) is 4.37. The number of aliphatic hydroxyl groups is 2. The zero-order valence-corrected chi connectivity index (χ0v) is 13.4. The van der Waals surface area contributed by atoms with Gasteiger partial charge in [0.1, 0.15) is 36.6 Å². The molecule has 0 radical (unpaired) electrons. The van der Waals surface area contributed by atoms with Gasteiger partial charge in [-0.3, -0.25) is 0 Å². The highest BCUT2D eigenvalue weighted by Crippen LogP contribution is 2.19. The van der Waals surface area contributed by atoms with Crippen LogP contribution in [0, 0.1) is 0 Å². The third kappa shape index (κ3) is 3.50. The van der Waals surface area contributed by atoms with Crippen LogP contribution in [0.5, 0.6) is 11.5 Å². The molecule has 0 bridgehead atoms. The van der Waals surface area contributed by atoms with Crippen molar-refractivity contribution in [2.45, 2.75) is 19.3 Å². The van der Waals surface area contributed by atoms with Crippen molar-refractivity contribution in [2.24, 2.45) is 0 Å². The first-order valence-electron chi connectivity index (χ1n) is 7.71. The van der Waals surface area contributed by atoms with Gasteiger partial charge in [-0.05, 0) is 36.4 Å². The van der Waals surface area contributed by atoms with Crippen molar-refractivity contribution in [3.05, 3.63) is 54.4 Å². The lowest BCUT2D eigenvalue weighted by Crippen LogP contribution is -2.24. The summed E-state index contributed by atoms with van der Waals surface area (Å²) in [5.74, 6) is 1.94. The van der Waals surface area contributed by atoms with Gasteiger partial charge in [-0.15, -0.1) is 0 Å². The number of aromatic nitrogens is 2. The van der Waals surface area contributed by atoms with E-state index in [2.05, 4.69) is 4.98 Å². The molecule has 0 aliphatic rings. The summed E-state index contributed by atoms with van der Waals surface area (Å²) in [6.45, 7) is 0.261. The van der Waals surface area contributed by atoms with E-state index in [0.717, 1.165) is 16.8 Å². The fourth-order valence-corrected chi connectivity index (χ4v) is 2.58. The van der Waals surface area contributed by atoms with E-state index < -0.39 is 6.10 Å². The number of rotatable bonds is 7. The number of fused-ring (bicyclic) bond motifs is 1. The second-order valence-corrected chi connectivity index (χ2v) is 5.43. The van der Waals surface area contributed by atoms with Crippen LogP contribution in [0.25, 0.3) is 11.0 Å². The third-order valence-corrected chi connectivity index (χ3v) is 3.77. The number of aliphatic hydroxyl groups excluding tert-OH is 2. The molecule has 0 aliphatic heterocycles. The Kier molecular flexibility index (Phi) is 4.98. The van der Waals surface area contributed by atoms with Crippen LogP contribution in [0.2, 0.25) is 0 Å². The molecule has 1 unspecified atom stereocenters. The van der Waals surface area contributed by atoms with Crippen LogP contribution in [0.15, 0.2) is 48.5 Å². The lowest BCUT2D eigenvalue weighted by molar-refractivity contribution is 0.0914. The summed E-state index contributed by atoms with van der Waals surface area (Å²) in [5.41, 5.74) is 1.68. The van der Waals surface area contributed by atoms with Gasteiger partial charge in [0.2, 0.25) is 0 Å². The van der Waals surface area contributed by atoms with E-state index in [0.29, 0.717) is 18.1 Å². The maximum absolute atomic E-state index is 10.3. The molecule has 0 saturated heterocycles. The third-order valence-electron chi connectivity index (χ3n) is 3.77. The van der Waals surface area contributed by atoms with Crippen LogP contribution in [0.3, 0.4) is 0 Å². The van der Waals surface area contributed by atoms with Crippen LogP contribution in [-0.4, -0.2) is 39.6 Å². The van der Waals surface area contributed by atoms with E-state index in [1.165, 1.54) is 0 Å². The number of hydrogen-bond donors (Lipinski definition) is 2. The van der Waals surface area contributed by atoms with Crippen molar-refractivity contribution in [2.75, 3.05) is 13.7 Å². The predicted molar refractivity (Wildman–Crippen MR) is 90.2 cm³/mol. The van der Waals surface area contributed by atoms with Crippen LogP contribution in [0.4, 0.5) is 0 Å². The van der Waals surface area contributed by atoms with Gasteiger partial charge in [-0.2, -0.15) is 0 Å². The molecule has 1 aromatic heterocycles. The molecule has 3 aromatic rings. The minimum Gasteiger partial charge on any atom is -0.497 e. The summed E-state index contributed by atoms with van der Waals surface area (Å²) in [6.07, 6.45) is -0.727. The molecular formula is C18H20N2O4. The lowest BCUT2D eigenvalue weighted by atomic mass is 10.3. The van der Waals surface area contributed by atoms with E-state index in [1.54, 1.807) is 31.4 Å². The molecule has 3 rings (SSSR count). The number of nitrogens with zero attached hydrogens (tertiary/aromatic N) is 2. The van der Waals surface area contributed by atoms with Crippen LogP contribution >= 0.6 is 0 Å². The Morgan fingerprint density at radius 3 is 2.50 bits per heavy atom. The summed E-state index contributed by atoms with van der Waals surface area (Å²) in [7, 11) is 1.60. The average Bonchev–Trinajstić information content (AvgIpc) is 2.98. The first kappa shape index (κ1) is 16.3. The van der Waals surface area contributed by atoms with Crippen LogP contribution < -0.4 is 9.47 Å². The van der Waals surface area contributed by atoms with Gasteiger partial charge in [0.25, 0.3) is 0 Å². The molecule has 2 N–H and O–H groups in total. The van der Waals surface area contributed by atoms with E-state index in [1.807, 2.05) is 28.8 Å². The molecule has 6 heteroatoms. The zero-order chi connectivity index (χ0) is 16.9. The first-order chi connectivity index (χ1) is 11.7. The number of hydrogen-bond acceptors (Lipinski definition) is 5. The van der Waals surface area contributed by atoms with E-state index >= 15 is 0 Å². The maximum Gasteiger partial charge on any atom is 0.135 e. The van der Waals surface area contributed by atoms with Gasteiger partial charge in [0.15, 0.2) is 0 Å². The molecule has 0 spiro atoms. The molecule has 24 heavy (non-hydrogen) atoms. The maximum atomic E-state index is 10.3. The standard InChI is InChI=1S/C18H20N2O4/c1-23-14-6-8-15(9-7-14)24-12-13(22)10-20-17-5-3-2-4-16(17)19-18(20)11-21/h2-9,13,21-22H,10-12H2,1H3. The monoisotopic (exact) mass is 328 g/mol. The van der Waals surface area contributed by atoms with Gasteiger partial charge < -0.3 is 24.3 Å². The molecule has 2 aromatic carbocycles. The topological polar surface area (TPSA) is 76.7 Å².